The van der Waals surface area contributed by atoms with Crippen molar-refractivity contribution in [2.24, 2.45) is 0 Å². The van der Waals surface area contributed by atoms with E-state index in [1.807, 2.05) is 0 Å². The van der Waals surface area contributed by atoms with Gasteiger partial charge in [-0.15, -0.1) is 0 Å². The Morgan fingerprint density at radius 1 is 0.913 bits per heavy atom. The average molecular weight is 314 g/mol. The van der Waals surface area contributed by atoms with Crippen molar-refractivity contribution in [2.75, 3.05) is 0 Å². The minimum Gasteiger partial charge on any atom is -0.416 e. The molecule has 0 amide bonds. The van der Waals surface area contributed by atoms with Crippen molar-refractivity contribution in [3.63, 3.8) is 0 Å². The number of nitro benzene ring substituents is 2. The molecule has 2 rings (SSSR count). The second-order valence-corrected chi connectivity index (χ2v) is 4.30. The number of nitrogens with zero attached hydrogens (tertiary/aromatic N) is 2. The zero-order valence-corrected chi connectivity index (χ0v) is 11.6. The fourth-order valence-corrected chi connectivity index (χ4v) is 1.79. The first-order chi connectivity index (χ1) is 11.0. The molecule has 0 aliphatic carbocycles. The summed E-state index contributed by atoms with van der Waals surface area (Å²) in [6.45, 7) is 0. The summed E-state index contributed by atoms with van der Waals surface area (Å²) in [5, 5.41) is 21.7. The second-order valence-electron chi connectivity index (χ2n) is 4.30. The molecule has 0 spiro atoms. The first-order valence-electron chi connectivity index (χ1n) is 6.36. The maximum atomic E-state index is 11.7. The predicted octanol–water partition coefficient (Wildman–Crippen LogP) is 3.12. The zero-order chi connectivity index (χ0) is 16.8. The van der Waals surface area contributed by atoms with E-state index in [4.69, 9.17) is 4.74 Å². The molecular weight excluding hydrogens is 304 g/mol. The molecule has 0 saturated heterocycles. The van der Waals surface area contributed by atoms with Gasteiger partial charge in [0.05, 0.1) is 15.4 Å². The van der Waals surface area contributed by atoms with Gasteiger partial charge >= 0.3 is 11.7 Å². The molecule has 0 aromatic heterocycles. The topological polar surface area (TPSA) is 113 Å². The number of benzene rings is 2. The van der Waals surface area contributed by atoms with Crippen LogP contribution in [0.2, 0.25) is 0 Å². The van der Waals surface area contributed by atoms with Gasteiger partial charge in [-0.3, -0.25) is 20.2 Å². The van der Waals surface area contributed by atoms with Crippen molar-refractivity contribution in [3.05, 3.63) is 80.4 Å². The molecule has 116 valence electrons. The molecule has 0 fully saturated rings. The highest BCUT2D eigenvalue weighted by atomic mass is 16.6. The molecule has 2 aromatic rings. The van der Waals surface area contributed by atoms with Crippen molar-refractivity contribution >= 4 is 23.4 Å². The normalized spacial score (nSPS) is 10.4. The van der Waals surface area contributed by atoms with Gasteiger partial charge < -0.3 is 4.74 Å². The third kappa shape index (κ3) is 3.97. The maximum absolute atomic E-state index is 11.7. The van der Waals surface area contributed by atoms with E-state index in [0.29, 0.717) is 0 Å². The van der Waals surface area contributed by atoms with Crippen LogP contribution in [0.15, 0.2) is 54.6 Å². The molecule has 2 aromatic carbocycles. The number of ether oxygens (including phenoxy) is 1. The van der Waals surface area contributed by atoms with Gasteiger partial charge in [-0.05, 0) is 18.2 Å². The van der Waals surface area contributed by atoms with E-state index in [-0.39, 0.29) is 22.7 Å². The largest absolute Gasteiger partial charge is 0.416 e. The highest BCUT2D eigenvalue weighted by Gasteiger charge is 2.16. The lowest BCUT2D eigenvalue weighted by Crippen LogP contribution is -2.05. The molecule has 0 heterocycles. The Labute approximate surface area is 129 Å². The standard InChI is InChI=1S/C15H10N2O6/c18-15(23-14-8-4-3-7-13(14)17(21)22)10-9-11-5-1-2-6-12(11)16(19)20/h1-10H/b10-9+. The van der Waals surface area contributed by atoms with Crippen LogP contribution in [0.1, 0.15) is 5.56 Å². The van der Waals surface area contributed by atoms with E-state index in [0.717, 1.165) is 6.08 Å². The fraction of sp³-hybridized carbons (Fsp3) is 0. The van der Waals surface area contributed by atoms with E-state index in [1.54, 1.807) is 6.07 Å². The third-order valence-corrected chi connectivity index (χ3v) is 2.80. The van der Waals surface area contributed by atoms with Crippen LogP contribution in [0.3, 0.4) is 0 Å². The number of rotatable bonds is 5. The zero-order valence-electron chi connectivity index (χ0n) is 11.6. The minimum atomic E-state index is -0.877. The van der Waals surface area contributed by atoms with Crippen molar-refractivity contribution in [3.8, 4) is 5.75 Å². The summed E-state index contributed by atoms with van der Waals surface area (Å²) in [7, 11) is 0. The molecule has 0 N–H and O–H groups in total. The average Bonchev–Trinajstić information content (AvgIpc) is 2.53. The quantitative estimate of drug-likeness (QED) is 0.275. The van der Waals surface area contributed by atoms with Crippen LogP contribution in [0.5, 0.6) is 5.75 Å². The fourth-order valence-electron chi connectivity index (χ4n) is 1.79. The van der Waals surface area contributed by atoms with Gasteiger partial charge in [0, 0.05) is 18.2 Å². The number of carbonyl (C=O) groups excluding carboxylic acids is 1. The van der Waals surface area contributed by atoms with Crippen molar-refractivity contribution < 1.29 is 19.4 Å². The number of hydrogen-bond acceptors (Lipinski definition) is 6. The first kappa shape index (κ1) is 15.8. The van der Waals surface area contributed by atoms with Crippen LogP contribution < -0.4 is 4.74 Å². The second kappa shape index (κ2) is 6.94. The van der Waals surface area contributed by atoms with Crippen LogP contribution in [0, 0.1) is 20.2 Å². The maximum Gasteiger partial charge on any atom is 0.336 e. The van der Waals surface area contributed by atoms with Crippen LogP contribution in [0.4, 0.5) is 11.4 Å². The summed E-state index contributed by atoms with van der Waals surface area (Å²) in [5.74, 6) is -1.08. The third-order valence-electron chi connectivity index (χ3n) is 2.80. The Kier molecular flexibility index (Phi) is 4.78. The van der Waals surface area contributed by atoms with Crippen LogP contribution in [-0.2, 0) is 4.79 Å². The van der Waals surface area contributed by atoms with E-state index < -0.39 is 15.8 Å². The van der Waals surface area contributed by atoms with Crippen LogP contribution in [-0.4, -0.2) is 15.8 Å². The lowest BCUT2D eigenvalue weighted by molar-refractivity contribution is -0.385. The molecular formula is C15H10N2O6. The Bertz CT molecular complexity index is 800. The molecule has 0 bridgehead atoms. The lowest BCUT2D eigenvalue weighted by Gasteiger charge is -2.02. The molecule has 23 heavy (non-hydrogen) atoms. The number of carbonyl (C=O) groups is 1. The molecule has 0 atom stereocenters. The van der Waals surface area contributed by atoms with Gasteiger partial charge in [-0.2, -0.15) is 0 Å². The van der Waals surface area contributed by atoms with Crippen LogP contribution >= 0.6 is 0 Å². The molecule has 0 aliphatic rings. The van der Waals surface area contributed by atoms with Crippen molar-refractivity contribution in [1.29, 1.82) is 0 Å². The summed E-state index contributed by atoms with van der Waals surface area (Å²) >= 11 is 0. The minimum absolute atomic E-state index is 0.165. The van der Waals surface area contributed by atoms with E-state index >= 15 is 0 Å². The highest BCUT2D eigenvalue weighted by Crippen LogP contribution is 2.26. The first-order valence-corrected chi connectivity index (χ1v) is 6.36. The number of esters is 1. The van der Waals surface area contributed by atoms with Gasteiger partial charge in [0.25, 0.3) is 5.69 Å². The monoisotopic (exact) mass is 314 g/mol. The predicted molar refractivity (Wildman–Crippen MR) is 80.9 cm³/mol. The van der Waals surface area contributed by atoms with Crippen molar-refractivity contribution in [1.82, 2.24) is 0 Å². The Hall–Kier alpha value is -3.55. The van der Waals surface area contributed by atoms with Gasteiger partial charge in [0.1, 0.15) is 0 Å². The summed E-state index contributed by atoms with van der Waals surface area (Å²) in [4.78, 5) is 32.2. The summed E-state index contributed by atoms with van der Waals surface area (Å²) in [5.41, 5.74) is -0.292. The molecule has 8 nitrogen and oxygen atoms in total. The van der Waals surface area contributed by atoms with Gasteiger partial charge in [0.15, 0.2) is 0 Å². The Morgan fingerprint density at radius 3 is 2.13 bits per heavy atom. The Morgan fingerprint density at radius 2 is 1.48 bits per heavy atom. The SMILES string of the molecule is O=C(/C=C/c1ccccc1[N+](=O)[O-])Oc1ccccc1[N+](=O)[O-]. The van der Waals surface area contributed by atoms with Crippen molar-refractivity contribution in [2.45, 2.75) is 0 Å². The summed E-state index contributed by atoms with van der Waals surface area (Å²) in [6, 6.07) is 11.3. The molecule has 0 unspecified atom stereocenters. The molecule has 0 radical (unpaired) electrons. The van der Waals surface area contributed by atoms with Gasteiger partial charge in [0.2, 0.25) is 5.75 Å². The molecule has 0 aliphatic heterocycles. The highest BCUT2D eigenvalue weighted by molar-refractivity contribution is 5.89. The number of nitro groups is 2. The van der Waals surface area contributed by atoms with Crippen LogP contribution in [0.25, 0.3) is 6.08 Å². The lowest BCUT2D eigenvalue weighted by atomic mass is 10.1. The molecule has 8 heteroatoms. The van der Waals surface area contributed by atoms with E-state index in [2.05, 4.69) is 0 Å². The van der Waals surface area contributed by atoms with E-state index in [1.165, 1.54) is 48.5 Å². The van der Waals surface area contributed by atoms with Gasteiger partial charge in [-0.1, -0.05) is 24.3 Å². The summed E-state index contributed by atoms with van der Waals surface area (Å²) in [6.07, 6.45) is 2.19. The van der Waals surface area contributed by atoms with E-state index in [9.17, 15) is 25.0 Å². The molecule has 0 saturated carbocycles. The summed E-state index contributed by atoms with van der Waals surface area (Å²) < 4.78 is 4.89. The van der Waals surface area contributed by atoms with Gasteiger partial charge in [-0.25, -0.2) is 4.79 Å². The number of hydrogen-bond donors (Lipinski definition) is 0. The smallest absolute Gasteiger partial charge is 0.336 e. The number of para-hydroxylation sites is 3. The Balaban J connectivity index is 2.18.